The first-order valence-electron chi connectivity index (χ1n) is 5.76. The second-order valence-electron chi connectivity index (χ2n) is 5.10. The first-order valence-corrected chi connectivity index (χ1v) is 5.76. The first-order chi connectivity index (χ1) is 7.32. The van der Waals surface area contributed by atoms with Gasteiger partial charge in [-0.1, -0.05) is 6.42 Å². The molecule has 0 aliphatic heterocycles. The second kappa shape index (κ2) is 3.13. The average Bonchev–Trinajstić information content (AvgIpc) is 2.93. The number of rotatable bonds is 2. The number of fused-ring (bicyclic) bond motifs is 2. The van der Waals surface area contributed by atoms with Crippen LogP contribution >= 0.6 is 0 Å². The number of furan rings is 1. The number of hydrogen-bond donors (Lipinski definition) is 0. The molecule has 3 atom stereocenters. The van der Waals surface area contributed by atoms with E-state index >= 15 is 0 Å². The normalized spacial score (nSPS) is 38.1. The van der Waals surface area contributed by atoms with Gasteiger partial charge in [0.2, 0.25) is 0 Å². The molecular weight excluding hydrogens is 186 g/mol. The van der Waals surface area contributed by atoms with Crippen molar-refractivity contribution in [2.45, 2.75) is 32.1 Å². The molecule has 2 fully saturated rings. The molecule has 78 valence electrons. The van der Waals surface area contributed by atoms with Gasteiger partial charge in [0.25, 0.3) is 0 Å². The number of hydrogen-bond acceptors (Lipinski definition) is 2. The summed E-state index contributed by atoms with van der Waals surface area (Å²) in [6, 6.07) is 6.49. The fourth-order valence-corrected chi connectivity index (χ4v) is 3.56. The van der Waals surface area contributed by atoms with Crippen LogP contribution in [-0.4, -0.2) is 0 Å². The fraction of sp³-hybridized carbons (Fsp3) is 0.615. The SMILES string of the molecule is N#CC1(Cc2ccco2)CC2CCC1C2. The molecule has 0 saturated heterocycles. The molecule has 2 aliphatic carbocycles. The first kappa shape index (κ1) is 9.03. The molecule has 2 heteroatoms. The number of nitriles is 1. The van der Waals surface area contributed by atoms with E-state index in [1.165, 1.54) is 19.3 Å². The zero-order valence-electron chi connectivity index (χ0n) is 8.78. The molecule has 3 unspecified atom stereocenters. The maximum atomic E-state index is 9.45. The standard InChI is InChI=1S/C13H15NO/c14-9-13(8-12-2-1-5-15-12)7-10-3-4-11(13)6-10/h1-2,5,10-11H,3-4,6-8H2. The largest absolute Gasteiger partial charge is 0.469 e. The lowest BCUT2D eigenvalue weighted by Crippen LogP contribution is -2.28. The second-order valence-corrected chi connectivity index (χ2v) is 5.10. The third-order valence-corrected chi connectivity index (χ3v) is 4.27. The van der Waals surface area contributed by atoms with Crippen molar-refractivity contribution in [1.29, 1.82) is 5.26 Å². The molecule has 2 saturated carbocycles. The van der Waals surface area contributed by atoms with E-state index < -0.39 is 0 Å². The minimum absolute atomic E-state index is 0.110. The summed E-state index contributed by atoms with van der Waals surface area (Å²) in [5.74, 6) is 2.41. The van der Waals surface area contributed by atoms with Gasteiger partial charge in [0.15, 0.2) is 0 Å². The van der Waals surface area contributed by atoms with Gasteiger partial charge in [-0.15, -0.1) is 0 Å². The van der Waals surface area contributed by atoms with E-state index in [1.807, 2.05) is 12.1 Å². The molecule has 2 nitrogen and oxygen atoms in total. The topological polar surface area (TPSA) is 36.9 Å². The van der Waals surface area contributed by atoms with E-state index in [9.17, 15) is 5.26 Å². The molecule has 2 bridgehead atoms. The third kappa shape index (κ3) is 1.30. The molecule has 3 rings (SSSR count). The maximum Gasteiger partial charge on any atom is 0.105 e. The molecule has 0 aromatic carbocycles. The van der Waals surface area contributed by atoms with Crippen LogP contribution in [0.5, 0.6) is 0 Å². The molecule has 1 aromatic heterocycles. The Hall–Kier alpha value is -1.23. The van der Waals surface area contributed by atoms with Crippen LogP contribution in [0.25, 0.3) is 0 Å². The van der Waals surface area contributed by atoms with E-state index in [4.69, 9.17) is 4.42 Å². The summed E-state index contributed by atoms with van der Waals surface area (Å²) in [7, 11) is 0. The van der Waals surface area contributed by atoms with Gasteiger partial charge in [0.1, 0.15) is 5.76 Å². The van der Waals surface area contributed by atoms with Gasteiger partial charge in [0.05, 0.1) is 17.7 Å². The predicted octanol–water partition coefficient (Wildman–Crippen LogP) is 3.15. The molecule has 1 heterocycles. The highest BCUT2D eigenvalue weighted by Gasteiger charge is 2.51. The zero-order chi connectivity index (χ0) is 10.3. The lowest BCUT2D eigenvalue weighted by atomic mass is 9.71. The van der Waals surface area contributed by atoms with Gasteiger partial charge in [-0.3, -0.25) is 0 Å². The average molecular weight is 201 g/mol. The summed E-state index contributed by atoms with van der Waals surface area (Å²) in [6.45, 7) is 0. The Morgan fingerprint density at radius 2 is 2.47 bits per heavy atom. The van der Waals surface area contributed by atoms with Crippen LogP contribution < -0.4 is 0 Å². The maximum absolute atomic E-state index is 9.45. The van der Waals surface area contributed by atoms with Crippen LogP contribution in [0.2, 0.25) is 0 Å². The summed E-state index contributed by atoms with van der Waals surface area (Å²) in [5.41, 5.74) is -0.110. The molecule has 0 amide bonds. The van der Waals surface area contributed by atoms with Crippen LogP contribution in [0, 0.1) is 28.6 Å². The molecule has 1 aromatic rings. The van der Waals surface area contributed by atoms with Crippen molar-refractivity contribution in [3.8, 4) is 6.07 Å². The minimum atomic E-state index is -0.110. The molecule has 0 radical (unpaired) electrons. The Kier molecular flexibility index (Phi) is 1.88. The van der Waals surface area contributed by atoms with Gasteiger partial charge in [-0.05, 0) is 43.2 Å². The smallest absolute Gasteiger partial charge is 0.105 e. The van der Waals surface area contributed by atoms with Crippen molar-refractivity contribution >= 4 is 0 Å². The highest BCUT2D eigenvalue weighted by Crippen LogP contribution is 2.56. The predicted molar refractivity (Wildman–Crippen MR) is 55.9 cm³/mol. The van der Waals surface area contributed by atoms with Gasteiger partial charge < -0.3 is 4.42 Å². The van der Waals surface area contributed by atoms with Crippen LogP contribution in [0.4, 0.5) is 0 Å². The fourth-order valence-electron chi connectivity index (χ4n) is 3.56. The summed E-state index contributed by atoms with van der Waals surface area (Å²) < 4.78 is 5.38. The van der Waals surface area contributed by atoms with Crippen LogP contribution in [-0.2, 0) is 6.42 Å². The van der Waals surface area contributed by atoms with E-state index in [2.05, 4.69) is 6.07 Å². The van der Waals surface area contributed by atoms with Crippen LogP contribution in [0.3, 0.4) is 0 Å². The Balaban J connectivity index is 1.86. The van der Waals surface area contributed by atoms with E-state index in [0.29, 0.717) is 5.92 Å². The molecule has 15 heavy (non-hydrogen) atoms. The highest BCUT2D eigenvalue weighted by atomic mass is 16.3. The van der Waals surface area contributed by atoms with E-state index in [1.54, 1.807) is 6.26 Å². The summed E-state index contributed by atoms with van der Waals surface area (Å²) >= 11 is 0. The Morgan fingerprint density at radius 3 is 3.00 bits per heavy atom. The van der Waals surface area contributed by atoms with Crippen molar-refractivity contribution in [2.24, 2.45) is 17.3 Å². The molecule has 0 spiro atoms. The van der Waals surface area contributed by atoms with E-state index in [0.717, 1.165) is 24.5 Å². The minimum Gasteiger partial charge on any atom is -0.469 e. The lowest BCUT2D eigenvalue weighted by molar-refractivity contribution is 0.225. The van der Waals surface area contributed by atoms with E-state index in [-0.39, 0.29) is 5.41 Å². The monoisotopic (exact) mass is 201 g/mol. The van der Waals surface area contributed by atoms with Crippen molar-refractivity contribution in [3.63, 3.8) is 0 Å². The Morgan fingerprint density at radius 1 is 1.53 bits per heavy atom. The summed E-state index contributed by atoms with van der Waals surface area (Å²) in [5, 5.41) is 9.45. The van der Waals surface area contributed by atoms with Crippen molar-refractivity contribution < 1.29 is 4.42 Å². The third-order valence-electron chi connectivity index (χ3n) is 4.27. The summed E-state index contributed by atoms with van der Waals surface area (Å²) in [6.07, 6.45) is 7.47. The van der Waals surface area contributed by atoms with Crippen molar-refractivity contribution in [1.82, 2.24) is 0 Å². The van der Waals surface area contributed by atoms with Crippen LogP contribution in [0.1, 0.15) is 31.4 Å². The Labute approximate surface area is 89.9 Å². The van der Waals surface area contributed by atoms with Crippen LogP contribution in [0.15, 0.2) is 22.8 Å². The van der Waals surface area contributed by atoms with Crippen molar-refractivity contribution in [2.75, 3.05) is 0 Å². The summed E-state index contributed by atoms with van der Waals surface area (Å²) in [4.78, 5) is 0. The van der Waals surface area contributed by atoms with Gasteiger partial charge in [-0.25, -0.2) is 0 Å². The van der Waals surface area contributed by atoms with Gasteiger partial charge in [-0.2, -0.15) is 5.26 Å². The van der Waals surface area contributed by atoms with Gasteiger partial charge >= 0.3 is 0 Å². The highest BCUT2D eigenvalue weighted by molar-refractivity contribution is 5.16. The van der Waals surface area contributed by atoms with Gasteiger partial charge in [0, 0.05) is 6.42 Å². The lowest BCUT2D eigenvalue weighted by Gasteiger charge is -2.30. The quantitative estimate of drug-likeness (QED) is 0.737. The Bertz CT molecular complexity index is 389. The molecule has 0 N–H and O–H groups in total. The number of nitrogens with zero attached hydrogens (tertiary/aromatic N) is 1. The zero-order valence-corrected chi connectivity index (χ0v) is 8.78. The molecular formula is C13H15NO. The molecule has 2 aliphatic rings. The van der Waals surface area contributed by atoms with Crippen molar-refractivity contribution in [3.05, 3.63) is 24.2 Å².